The van der Waals surface area contributed by atoms with Crippen LogP contribution in [0.25, 0.3) is 89.2 Å². The number of benzene rings is 8. The number of fused-ring (bicyclic) bond motifs is 6. The molecule has 3 heteroatoms. The molecule has 8 aromatic carbocycles. The van der Waals surface area contributed by atoms with Crippen molar-refractivity contribution in [3.63, 3.8) is 0 Å². The molecule has 0 fully saturated rings. The van der Waals surface area contributed by atoms with Gasteiger partial charge in [0.05, 0.1) is 11.4 Å². The second-order valence-electron chi connectivity index (χ2n) is 15.1. The minimum absolute atomic E-state index is 0.322. The number of rotatable bonds is 6. The molecule has 0 saturated heterocycles. The molecule has 0 unspecified atom stereocenters. The van der Waals surface area contributed by atoms with Crippen LogP contribution >= 0.6 is 0 Å². The van der Waals surface area contributed by atoms with Crippen LogP contribution in [0.5, 0.6) is 0 Å². The highest BCUT2D eigenvalue weighted by Gasteiger charge is 2.40. The van der Waals surface area contributed by atoms with E-state index in [9.17, 15) is 0 Å². The third kappa shape index (κ3) is 5.43. The molecule has 268 valence electrons. The van der Waals surface area contributed by atoms with Crippen molar-refractivity contribution in [2.45, 2.75) is 12.3 Å². The highest BCUT2D eigenvalue weighted by atomic mass is 16.3. The van der Waals surface area contributed by atoms with Gasteiger partial charge in [0.2, 0.25) is 0 Å². The predicted molar refractivity (Wildman–Crippen MR) is 234 cm³/mol. The zero-order chi connectivity index (χ0) is 37.9. The Bertz CT molecular complexity index is 3100. The summed E-state index contributed by atoms with van der Waals surface area (Å²) in [7, 11) is 0. The molecule has 2 heterocycles. The lowest BCUT2D eigenvalue weighted by Gasteiger charge is -2.28. The van der Waals surface area contributed by atoms with E-state index in [2.05, 4.69) is 177 Å². The van der Waals surface area contributed by atoms with Gasteiger partial charge in [-0.25, -0.2) is 9.97 Å². The Morgan fingerprint density at radius 2 is 0.930 bits per heavy atom. The van der Waals surface area contributed by atoms with E-state index in [-0.39, 0.29) is 5.41 Å². The Morgan fingerprint density at radius 1 is 0.386 bits per heavy atom. The maximum atomic E-state index is 6.56. The molecule has 0 aliphatic heterocycles. The van der Waals surface area contributed by atoms with E-state index in [0.29, 0.717) is 5.82 Å². The summed E-state index contributed by atoms with van der Waals surface area (Å²) in [5.41, 5.74) is 17.0. The van der Waals surface area contributed by atoms with Crippen LogP contribution in [0.2, 0.25) is 0 Å². The lowest BCUT2D eigenvalue weighted by atomic mass is 9.74. The second-order valence-corrected chi connectivity index (χ2v) is 15.1. The van der Waals surface area contributed by atoms with Crippen LogP contribution in [0.1, 0.15) is 23.6 Å². The number of hydrogen-bond acceptors (Lipinski definition) is 3. The molecule has 0 N–H and O–H groups in total. The largest absolute Gasteiger partial charge is 0.455 e. The molecule has 0 atom stereocenters. The summed E-state index contributed by atoms with van der Waals surface area (Å²) in [6, 6.07) is 71.0. The number of nitrogens with zero attached hydrogens (tertiary/aromatic N) is 2. The molecule has 0 bridgehead atoms. The summed E-state index contributed by atoms with van der Waals surface area (Å²) in [6.07, 6.45) is 0. The fraction of sp³-hybridized carbons (Fsp3) is 0.0370. The van der Waals surface area contributed by atoms with Crippen molar-refractivity contribution in [3.8, 4) is 67.3 Å². The average Bonchev–Trinajstić information content (AvgIpc) is 3.80. The maximum absolute atomic E-state index is 6.56. The summed E-state index contributed by atoms with van der Waals surface area (Å²) in [4.78, 5) is 10.6. The fourth-order valence-corrected chi connectivity index (χ4v) is 8.92. The molecule has 10 aromatic rings. The molecule has 3 nitrogen and oxygen atoms in total. The first-order valence-corrected chi connectivity index (χ1v) is 19.5. The molecule has 11 rings (SSSR count). The summed E-state index contributed by atoms with van der Waals surface area (Å²) in [5, 5.41) is 2.22. The Kier molecular flexibility index (Phi) is 7.61. The van der Waals surface area contributed by atoms with Gasteiger partial charge in [0.1, 0.15) is 11.2 Å². The van der Waals surface area contributed by atoms with Gasteiger partial charge in [-0.2, -0.15) is 0 Å². The highest BCUT2D eigenvalue weighted by Crippen LogP contribution is 2.52. The quantitative estimate of drug-likeness (QED) is 0.171. The highest BCUT2D eigenvalue weighted by molar-refractivity contribution is 6.09. The van der Waals surface area contributed by atoms with Crippen LogP contribution in [0, 0.1) is 0 Å². The van der Waals surface area contributed by atoms with Gasteiger partial charge in [0.15, 0.2) is 5.82 Å². The van der Waals surface area contributed by atoms with Crippen LogP contribution < -0.4 is 0 Å². The van der Waals surface area contributed by atoms with Crippen molar-refractivity contribution >= 4 is 21.9 Å². The van der Waals surface area contributed by atoms with E-state index in [1.165, 1.54) is 27.8 Å². The first-order chi connectivity index (χ1) is 28.1. The van der Waals surface area contributed by atoms with Gasteiger partial charge < -0.3 is 4.42 Å². The maximum Gasteiger partial charge on any atom is 0.160 e. The van der Waals surface area contributed by atoms with Crippen molar-refractivity contribution in [2.24, 2.45) is 0 Å². The molecule has 1 aliphatic rings. The molecule has 0 saturated carbocycles. The smallest absolute Gasteiger partial charge is 0.160 e. The minimum Gasteiger partial charge on any atom is -0.455 e. The van der Waals surface area contributed by atoms with Crippen molar-refractivity contribution < 1.29 is 4.42 Å². The van der Waals surface area contributed by atoms with Crippen LogP contribution in [-0.4, -0.2) is 9.97 Å². The van der Waals surface area contributed by atoms with E-state index >= 15 is 0 Å². The Labute approximate surface area is 331 Å². The average molecular weight is 729 g/mol. The first-order valence-electron chi connectivity index (χ1n) is 19.5. The lowest BCUT2D eigenvalue weighted by Crippen LogP contribution is -2.22. The van der Waals surface area contributed by atoms with Gasteiger partial charge in [-0.05, 0) is 87.8 Å². The monoisotopic (exact) mass is 728 g/mol. The van der Waals surface area contributed by atoms with Crippen molar-refractivity contribution in [2.75, 3.05) is 0 Å². The number of furan rings is 1. The van der Waals surface area contributed by atoms with Gasteiger partial charge in [-0.3, -0.25) is 0 Å². The Morgan fingerprint density at radius 3 is 1.68 bits per heavy atom. The van der Waals surface area contributed by atoms with E-state index < -0.39 is 0 Å². The van der Waals surface area contributed by atoms with Crippen molar-refractivity contribution in [3.05, 3.63) is 217 Å². The summed E-state index contributed by atoms with van der Waals surface area (Å²) < 4.78 is 6.56. The summed E-state index contributed by atoms with van der Waals surface area (Å²) >= 11 is 0. The van der Waals surface area contributed by atoms with E-state index in [1.54, 1.807) is 0 Å². The van der Waals surface area contributed by atoms with Crippen LogP contribution in [0.3, 0.4) is 0 Å². The topological polar surface area (TPSA) is 38.9 Å². The molecular formula is C54H36N2O. The van der Waals surface area contributed by atoms with E-state index in [4.69, 9.17) is 14.4 Å². The van der Waals surface area contributed by atoms with Gasteiger partial charge >= 0.3 is 0 Å². The Balaban J connectivity index is 1.12. The van der Waals surface area contributed by atoms with Gasteiger partial charge in [0.25, 0.3) is 0 Å². The molecule has 1 aliphatic carbocycles. The summed E-state index contributed by atoms with van der Waals surface area (Å²) in [6.45, 7) is 2.36. The molecule has 0 amide bonds. The molecule has 0 spiro atoms. The normalized spacial score (nSPS) is 12.8. The lowest BCUT2D eigenvalue weighted by molar-refractivity contribution is 0.670. The number of aromatic nitrogens is 2. The third-order valence-electron chi connectivity index (χ3n) is 11.8. The summed E-state index contributed by atoms with van der Waals surface area (Å²) in [5.74, 6) is 0.683. The minimum atomic E-state index is -0.322. The first kappa shape index (κ1) is 33.0. The van der Waals surface area contributed by atoms with Gasteiger partial charge in [-0.1, -0.05) is 164 Å². The van der Waals surface area contributed by atoms with Crippen molar-refractivity contribution in [1.82, 2.24) is 9.97 Å². The Hall–Kier alpha value is -7.36. The van der Waals surface area contributed by atoms with E-state index in [1.807, 2.05) is 30.3 Å². The SMILES string of the molecule is CC1(c2cccc(-c3cc(-c4cc(-c5ccccc5)cc(-c5cccc6c5oc5ccccc56)c4)nc(-c4ccccc4)n3)c2)c2ccccc2-c2ccccc21. The fourth-order valence-electron chi connectivity index (χ4n) is 8.92. The van der Waals surface area contributed by atoms with Crippen LogP contribution in [-0.2, 0) is 5.41 Å². The molecule has 2 aromatic heterocycles. The van der Waals surface area contributed by atoms with Crippen LogP contribution in [0.15, 0.2) is 205 Å². The zero-order valence-electron chi connectivity index (χ0n) is 31.4. The predicted octanol–water partition coefficient (Wildman–Crippen LogP) is 14.0. The van der Waals surface area contributed by atoms with E-state index in [0.717, 1.165) is 72.3 Å². The molecular weight excluding hydrogens is 693 g/mol. The standard InChI is InChI=1S/C54H36N2O/c1-54(47-27-11-8-22-43(47)44-23-9-12-28-48(44)54)41-21-14-20-37(33-41)49-34-50(56-53(55-49)36-18-6-3-7-19-36)40-31-38(35-16-4-2-5-17-35)30-39(32-40)42-25-15-26-46-45-24-10-13-29-51(45)57-52(42)46/h2-34H,1H3. The van der Waals surface area contributed by atoms with Crippen LogP contribution in [0.4, 0.5) is 0 Å². The number of para-hydroxylation sites is 2. The third-order valence-corrected chi connectivity index (χ3v) is 11.8. The van der Waals surface area contributed by atoms with Gasteiger partial charge in [0, 0.05) is 38.4 Å². The molecule has 57 heavy (non-hydrogen) atoms. The van der Waals surface area contributed by atoms with Crippen molar-refractivity contribution in [1.29, 1.82) is 0 Å². The second kappa shape index (κ2) is 13.1. The van der Waals surface area contributed by atoms with Gasteiger partial charge in [-0.15, -0.1) is 0 Å². The molecule has 0 radical (unpaired) electrons. The number of hydrogen-bond donors (Lipinski definition) is 0. The zero-order valence-corrected chi connectivity index (χ0v) is 31.4.